The van der Waals surface area contributed by atoms with Gasteiger partial charge in [0.25, 0.3) is 0 Å². The van der Waals surface area contributed by atoms with Gasteiger partial charge in [0, 0.05) is 32.2 Å². The Morgan fingerprint density at radius 3 is 3.05 bits per heavy atom. The van der Waals surface area contributed by atoms with Crippen molar-refractivity contribution in [2.75, 3.05) is 32.8 Å². The van der Waals surface area contributed by atoms with Gasteiger partial charge in [0.05, 0.1) is 0 Å². The molecule has 1 fully saturated rings. The van der Waals surface area contributed by atoms with Crippen molar-refractivity contribution in [3.63, 3.8) is 0 Å². The molecule has 0 amide bonds. The molecule has 1 saturated heterocycles. The maximum atomic E-state index is 5.85. The third-order valence-corrected chi connectivity index (χ3v) is 4.29. The van der Waals surface area contributed by atoms with E-state index in [1.807, 2.05) is 6.07 Å². The molecular formula is C17H28N2O. The van der Waals surface area contributed by atoms with Gasteiger partial charge in [-0.3, -0.25) is 4.90 Å². The van der Waals surface area contributed by atoms with Gasteiger partial charge in [-0.15, -0.1) is 0 Å². The fourth-order valence-electron chi connectivity index (χ4n) is 2.71. The number of benzene rings is 1. The monoisotopic (exact) mass is 276 g/mol. The molecule has 0 radical (unpaired) electrons. The molecule has 1 aromatic rings. The zero-order valence-electron chi connectivity index (χ0n) is 13.1. The van der Waals surface area contributed by atoms with Gasteiger partial charge in [-0.2, -0.15) is 0 Å². The number of hydrogen-bond acceptors (Lipinski definition) is 3. The molecule has 1 N–H and O–H groups in total. The fourth-order valence-corrected chi connectivity index (χ4v) is 2.71. The summed E-state index contributed by atoms with van der Waals surface area (Å²) in [5, 5.41) is 3.63. The minimum Gasteiger partial charge on any atom is -0.492 e. The molecule has 2 atom stereocenters. The highest BCUT2D eigenvalue weighted by molar-refractivity contribution is 5.27. The summed E-state index contributed by atoms with van der Waals surface area (Å²) in [4.78, 5) is 2.52. The van der Waals surface area contributed by atoms with Crippen molar-refractivity contribution in [1.29, 1.82) is 0 Å². The number of piperazine rings is 1. The van der Waals surface area contributed by atoms with Crippen LogP contribution in [0.2, 0.25) is 0 Å². The smallest absolute Gasteiger partial charge is 0.119 e. The Kier molecular flexibility index (Phi) is 5.86. The second kappa shape index (κ2) is 7.65. The lowest BCUT2D eigenvalue weighted by atomic mass is 9.97. The molecule has 1 aliphatic heterocycles. The van der Waals surface area contributed by atoms with Crippen LogP contribution in [0.5, 0.6) is 5.75 Å². The Morgan fingerprint density at radius 2 is 2.30 bits per heavy atom. The number of ether oxygens (including phenoxy) is 1. The van der Waals surface area contributed by atoms with Crippen molar-refractivity contribution < 1.29 is 4.74 Å². The molecular weight excluding hydrogens is 248 g/mol. The molecule has 112 valence electrons. The largest absolute Gasteiger partial charge is 0.492 e. The van der Waals surface area contributed by atoms with Gasteiger partial charge in [0.15, 0.2) is 0 Å². The number of rotatable bonds is 6. The van der Waals surface area contributed by atoms with Crippen molar-refractivity contribution >= 4 is 0 Å². The molecule has 1 heterocycles. The van der Waals surface area contributed by atoms with Crippen LogP contribution in [0.3, 0.4) is 0 Å². The van der Waals surface area contributed by atoms with E-state index in [4.69, 9.17) is 4.74 Å². The lowest BCUT2D eigenvalue weighted by molar-refractivity contribution is 0.144. The van der Waals surface area contributed by atoms with E-state index in [9.17, 15) is 0 Å². The van der Waals surface area contributed by atoms with Crippen LogP contribution in [0, 0.1) is 12.8 Å². The summed E-state index contributed by atoms with van der Waals surface area (Å²) in [6.45, 7) is 11.9. The summed E-state index contributed by atoms with van der Waals surface area (Å²) in [5.74, 6) is 1.73. The quantitative estimate of drug-likeness (QED) is 0.864. The van der Waals surface area contributed by atoms with E-state index in [0.29, 0.717) is 6.04 Å². The van der Waals surface area contributed by atoms with Gasteiger partial charge in [0.2, 0.25) is 0 Å². The molecule has 0 aliphatic carbocycles. The first kappa shape index (κ1) is 15.3. The summed E-state index contributed by atoms with van der Waals surface area (Å²) in [6, 6.07) is 8.91. The maximum absolute atomic E-state index is 5.85. The topological polar surface area (TPSA) is 24.5 Å². The first-order valence-electron chi connectivity index (χ1n) is 7.84. The molecule has 0 spiro atoms. The van der Waals surface area contributed by atoms with Crippen LogP contribution in [0.25, 0.3) is 0 Å². The van der Waals surface area contributed by atoms with Crippen molar-refractivity contribution in [3.05, 3.63) is 29.8 Å². The third kappa shape index (κ3) is 4.50. The first-order valence-corrected chi connectivity index (χ1v) is 7.84. The van der Waals surface area contributed by atoms with E-state index in [-0.39, 0.29) is 0 Å². The minimum atomic E-state index is 0.632. The van der Waals surface area contributed by atoms with Crippen LogP contribution in [-0.2, 0) is 0 Å². The standard InChI is InChI=1S/C17H28N2O/c1-4-15(3)17-13-19(9-8-18-17)10-11-20-16-7-5-6-14(2)12-16/h5-7,12,15,17-18H,4,8-11,13H2,1-3H3. The van der Waals surface area contributed by atoms with Crippen molar-refractivity contribution in [3.8, 4) is 5.75 Å². The van der Waals surface area contributed by atoms with Crippen molar-refractivity contribution in [1.82, 2.24) is 10.2 Å². The van der Waals surface area contributed by atoms with Crippen LogP contribution in [0.4, 0.5) is 0 Å². The van der Waals surface area contributed by atoms with E-state index < -0.39 is 0 Å². The zero-order chi connectivity index (χ0) is 14.4. The molecule has 2 rings (SSSR count). The molecule has 3 nitrogen and oxygen atoms in total. The number of hydrogen-bond donors (Lipinski definition) is 1. The van der Waals surface area contributed by atoms with E-state index in [0.717, 1.165) is 44.5 Å². The summed E-state index contributed by atoms with van der Waals surface area (Å²) in [6.07, 6.45) is 1.24. The van der Waals surface area contributed by atoms with Crippen LogP contribution >= 0.6 is 0 Å². The molecule has 1 aliphatic rings. The van der Waals surface area contributed by atoms with E-state index in [1.165, 1.54) is 12.0 Å². The Bertz CT molecular complexity index is 408. The molecule has 3 heteroatoms. The van der Waals surface area contributed by atoms with Gasteiger partial charge in [-0.1, -0.05) is 32.4 Å². The molecule has 0 aromatic heterocycles. The van der Waals surface area contributed by atoms with E-state index in [1.54, 1.807) is 0 Å². The van der Waals surface area contributed by atoms with Crippen LogP contribution in [0.15, 0.2) is 24.3 Å². The van der Waals surface area contributed by atoms with Crippen LogP contribution in [0.1, 0.15) is 25.8 Å². The Hall–Kier alpha value is -1.06. The summed E-state index contributed by atoms with van der Waals surface area (Å²) < 4.78 is 5.85. The number of aryl methyl sites for hydroxylation is 1. The number of nitrogens with zero attached hydrogens (tertiary/aromatic N) is 1. The van der Waals surface area contributed by atoms with Crippen LogP contribution < -0.4 is 10.1 Å². The Morgan fingerprint density at radius 1 is 1.45 bits per heavy atom. The van der Waals surface area contributed by atoms with E-state index in [2.05, 4.69) is 49.2 Å². The molecule has 2 unspecified atom stereocenters. The third-order valence-electron chi connectivity index (χ3n) is 4.29. The highest BCUT2D eigenvalue weighted by Crippen LogP contribution is 2.14. The fraction of sp³-hybridized carbons (Fsp3) is 0.647. The molecule has 0 bridgehead atoms. The van der Waals surface area contributed by atoms with Gasteiger partial charge in [0.1, 0.15) is 12.4 Å². The predicted octanol–water partition coefficient (Wildman–Crippen LogP) is 2.69. The molecule has 1 aromatic carbocycles. The second-order valence-electron chi connectivity index (χ2n) is 5.91. The minimum absolute atomic E-state index is 0.632. The SMILES string of the molecule is CCC(C)C1CN(CCOc2cccc(C)c2)CCN1. The number of nitrogens with one attached hydrogen (secondary N) is 1. The summed E-state index contributed by atoms with van der Waals surface area (Å²) >= 11 is 0. The summed E-state index contributed by atoms with van der Waals surface area (Å²) in [7, 11) is 0. The van der Waals surface area contributed by atoms with Crippen LogP contribution in [-0.4, -0.2) is 43.7 Å². The Labute approximate surface area is 123 Å². The van der Waals surface area contributed by atoms with Gasteiger partial charge >= 0.3 is 0 Å². The highest BCUT2D eigenvalue weighted by atomic mass is 16.5. The van der Waals surface area contributed by atoms with Crippen molar-refractivity contribution in [2.24, 2.45) is 5.92 Å². The lowest BCUT2D eigenvalue weighted by Crippen LogP contribution is -2.53. The van der Waals surface area contributed by atoms with Gasteiger partial charge in [-0.25, -0.2) is 0 Å². The normalized spacial score (nSPS) is 21.6. The summed E-state index contributed by atoms with van der Waals surface area (Å²) in [5.41, 5.74) is 1.25. The maximum Gasteiger partial charge on any atom is 0.119 e. The highest BCUT2D eigenvalue weighted by Gasteiger charge is 2.22. The van der Waals surface area contributed by atoms with Crippen molar-refractivity contribution in [2.45, 2.75) is 33.2 Å². The van der Waals surface area contributed by atoms with Gasteiger partial charge in [-0.05, 0) is 30.5 Å². The average molecular weight is 276 g/mol. The molecule has 0 saturated carbocycles. The molecule has 20 heavy (non-hydrogen) atoms. The van der Waals surface area contributed by atoms with Gasteiger partial charge < -0.3 is 10.1 Å². The zero-order valence-corrected chi connectivity index (χ0v) is 13.1. The average Bonchev–Trinajstić information content (AvgIpc) is 2.47. The predicted molar refractivity (Wildman–Crippen MR) is 84.4 cm³/mol. The lowest BCUT2D eigenvalue weighted by Gasteiger charge is -2.36. The second-order valence-corrected chi connectivity index (χ2v) is 5.91. The van der Waals surface area contributed by atoms with E-state index >= 15 is 0 Å². The Balaban J connectivity index is 1.73. The first-order chi connectivity index (χ1) is 9.69.